The van der Waals surface area contributed by atoms with E-state index >= 15 is 0 Å². The number of piperidine rings is 1. The van der Waals surface area contributed by atoms with Gasteiger partial charge in [0, 0.05) is 51.6 Å². The van der Waals surface area contributed by atoms with Gasteiger partial charge in [-0.2, -0.15) is 0 Å². The van der Waals surface area contributed by atoms with Crippen LogP contribution >= 0.6 is 0 Å². The summed E-state index contributed by atoms with van der Waals surface area (Å²) >= 11 is 0. The first-order valence-electron chi connectivity index (χ1n) is 12.2. The molecule has 2 aromatic carbocycles. The van der Waals surface area contributed by atoms with E-state index in [1.54, 1.807) is 12.1 Å². The quantitative estimate of drug-likeness (QED) is 0.643. The molecule has 1 unspecified atom stereocenters. The average Bonchev–Trinajstić information content (AvgIpc) is 3.35. The Morgan fingerprint density at radius 3 is 2.38 bits per heavy atom. The van der Waals surface area contributed by atoms with Crippen molar-refractivity contribution in [2.24, 2.45) is 5.92 Å². The fraction of sp³-hybridized carbons (Fsp3) is 0.500. The molecule has 0 aliphatic carbocycles. The molecule has 4 rings (SSSR count). The summed E-state index contributed by atoms with van der Waals surface area (Å²) < 4.78 is 26.6. The molecule has 0 saturated carbocycles. The van der Waals surface area contributed by atoms with Crippen LogP contribution in [0.2, 0.25) is 0 Å². The Kier molecular flexibility index (Phi) is 7.60. The van der Waals surface area contributed by atoms with Crippen molar-refractivity contribution in [3.63, 3.8) is 0 Å². The predicted octanol–water partition coefficient (Wildman–Crippen LogP) is 4.02. The molecule has 0 bridgehead atoms. The molecule has 2 fully saturated rings. The minimum Gasteiger partial charge on any atom is -0.371 e. The highest BCUT2D eigenvalue weighted by Gasteiger charge is 2.25. The molecule has 1 atom stereocenters. The largest absolute Gasteiger partial charge is 0.371 e. The van der Waals surface area contributed by atoms with E-state index in [9.17, 15) is 13.2 Å². The van der Waals surface area contributed by atoms with Gasteiger partial charge < -0.3 is 10.2 Å². The van der Waals surface area contributed by atoms with Crippen LogP contribution in [-0.4, -0.2) is 63.8 Å². The number of amides is 1. The number of rotatable bonds is 7. The summed E-state index contributed by atoms with van der Waals surface area (Å²) in [7, 11) is -0.648. The molecule has 2 saturated heterocycles. The van der Waals surface area contributed by atoms with Crippen molar-refractivity contribution in [1.29, 1.82) is 0 Å². The van der Waals surface area contributed by atoms with Crippen molar-refractivity contribution in [3.05, 3.63) is 53.6 Å². The van der Waals surface area contributed by atoms with E-state index in [1.165, 1.54) is 42.9 Å². The molecule has 2 aromatic rings. The number of hydrogen-bond acceptors (Lipinski definition) is 5. The molecular weight excluding hydrogens is 448 g/mol. The van der Waals surface area contributed by atoms with Crippen LogP contribution in [0.25, 0.3) is 0 Å². The Labute approximate surface area is 203 Å². The second-order valence-electron chi connectivity index (χ2n) is 9.79. The fourth-order valence-electron chi connectivity index (χ4n) is 4.88. The highest BCUT2D eigenvalue weighted by atomic mass is 32.2. The number of hydrogen-bond donors (Lipinski definition) is 1. The summed E-state index contributed by atoms with van der Waals surface area (Å²) in [5, 5.41) is 2.98. The maximum Gasteiger partial charge on any atom is 0.257 e. The normalized spacial score (nSPS) is 19.5. The third-order valence-electron chi connectivity index (χ3n) is 6.80. The van der Waals surface area contributed by atoms with Gasteiger partial charge in [0.05, 0.1) is 10.5 Å². The van der Waals surface area contributed by atoms with Crippen LogP contribution in [0.4, 0.5) is 11.4 Å². The zero-order valence-corrected chi connectivity index (χ0v) is 21.3. The molecule has 2 heterocycles. The second kappa shape index (κ2) is 10.5. The lowest BCUT2D eigenvalue weighted by molar-refractivity contribution is 0.102. The SMILES string of the molecule is CC1CCCN(Cc2ccc(NC(=O)c3cc(S(=O)(=O)N(C)C)ccc3N3CCCC3)cc2)C1. The van der Waals surface area contributed by atoms with Gasteiger partial charge in [-0.05, 0) is 74.0 Å². The first-order chi connectivity index (χ1) is 16.2. The van der Waals surface area contributed by atoms with Gasteiger partial charge in [0.1, 0.15) is 0 Å². The van der Waals surface area contributed by atoms with Crippen molar-refractivity contribution in [3.8, 4) is 0 Å². The minimum absolute atomic E-state index is 0.122. The summed E-state index contributed by atoms with van der Waals surface area (Å²) in [5.41, 5.74) is 3.10. The number of sulfonamides is 1. The monoisotopic (exact) mass is 484 g/mol. The summed E-state index contributed by atoms with van der Waals surface area (Å²) in [6.45, 7) is 7.22. The average molecular weight is 485 g/mol. The third kappa shape index (κ3) is 5.62. The van der Waals surface area contributed by atoms with Gasteiger partial charge in [0.15, 0.2) is 0 Å². The molecule has 184 valence electrons. The van der Waals surface area contributed by atoms with Gasteiger partial charge in [-0.15, -0.1) is 0 Å². The summed E-state index contributed by atoms with van der Waals surface area (Å²) in [5.74, 6) is 0.444. The van der Waals surface area contributed by atoms with Gasteiger partial charge in [-0.25, -0.2) is 12.7 Å². The first kappa shape index (κ1) is 24.7. The van der Waals surface area contributed by atoms with Crippen molar-refractivity contribution in [2.75, 3.05) is 50.5 Å². The number of carbonyl (C=O) groups excluding carboxylic acids is 1. The van der Waals surface area contributed by atoms with Crippen LogP contribution in [0, 0.1) is 5.92 Å². The zero-order valence-electron chi connectivity index (χ0n) is 20.5. The van der Waals surface area contributed by atoms with Crippen LogP contribution in [0.5, 0.6) is 0 Å². The van der Waals surface area contributed by atoms with Crippen LogP contribution < -0.4 is 10.2 Å². The van der Waals surface area contributed by atoms with E-state index in [2.05, 4.69) is 34.2 Å². The molecule has 2 aliphatic rings. The summed E-state index contributed by atoms with van der Waals surface area (Å²) in [6, 6.07) is 12.8. The van der Waals surface area contributed by atoms with E-state index in [1.807, 2.05) is 12.1 Å². The van der Waals surface area contributed by atoms with Crippen molar-refractivity contribution < 1.29 is 13.2 Å². The molecule has 0 spiro atoms. The molecule has 0 radical (unpaired) electrons. The highest BCUT2D eigenvalue weighted by molar-refractivity contribution is 7.89. The Balaban J connectivity index is 1.53. The van der Waals surface area contributed by atoms with Crippen LogP contribution in [0.3, 0.4) is 0 Å². The Morgan fingerprint density at radius 2 is 1.74 bits per heavy atom. The van der Waals surface area contributed by atoms with Crippen LogP contribution in [0.1, 0.15) is 48.5 Å². The number of anilines is 2. The molecular formula is C26H36N4O3S. The van der Waals surface area contributed by atoms with Gasteiger partial charge in [0.25, 0.3) is 5.91 Å². The van der Waals surface area contributed by atoms with Crippen molar-refractivity contribution in [2.45, 2.75) is 44.0 Å². The lowest BCUT2D eigenvalue weighted by atomic mass is 10.00. The van der Waals surface area contributed by atoms with Gasteiger partial charge in [-0.1, -0.05) is 19.1 Å². The smallest absolute Gasteiger partial charge is 0.257 e. The molecule has 2 aliphatic heterocycles. The van der Waals surface area contributed by atoms with E-state index in [0.717, 1.165) is 57.2 Å². The second-order valence-corrected chi connectivity index (χ2v) is 11.9. The van der Waals surface area contributed by atoms with E-state index < -0.39 is 10.0 Å². The third-order valence-corrected chi connectivity index (χ3v) is 8.61. The lowest BCUT2D eigenvalue weighted by Crippen LogP contribution is -2.33. The number of nitrogens with zero attached hydrogens (tertiary/aromatic N) is 3. The van der Waals surface area contributed by atoms with Crippen LogP contribution in [0.15, 0.2) is 47.4 Å². The fourth-order valence-corrected chi connectivity index (χ4v) is 5.81. The predicted molar refractivity (Wildman–Crippen MR) is 137 cm³/mol. The van der Waals surface area contributed by atoms with E-state index in [-0.39, 0.29) is 10.8 Å². The molecule has 34 heavy (non-hydrogen) atoms. The van der Waals surface area contributed by atoms with Crippen molar-refractivity contribution >= 4 is 27.3 Å². The number of likely N-dealkylation sites (tertiary alicyclic amines) is 1. The minimum atomic E-state index is -3.64. The number of carbonyl (C=O) groups is 1. The standard InChI is InChI=1S/C26H36N4O3S/c1-20-7-6-14-29(18-20)19-21-8-10-22(11-9-21)27-26(31)24-17-23(34(32,33)28(2)3)12-13-25(24)30-15-4-5-16-30/h8-13,17,20H,4-7,14-16,18-19H2,1-3H3,(H,27,31). The van der Waals surface area contributed by atoms with Gasteiger partial charge in [0.2, 0.25) is 10.0 Å². The highest BCUT2D eigenvalue weighted by Crippen LogP contribution is 2.29. The maximum atomic E-state index is 13.3. The van der Waals surface area contributed by atoms with Gasteiger partial charge >= 0.3 is 0 Å². The number of benzene rings is 2. The zero-order chi connectivity index (χ0) is 24.3. The van der Waals surface area contributed by atoms with E-state index in [0.29, 0.717) is 11.3 Å². The Morgan fingerprint density at radius 1 is 1.03 bits per heavy atom. The lowest BCUT2D eigenvalue weighted by Gasteiger charge is -2.30. The van der Waals surface area contributed by atoms with Crippen LogP contribution in [-0.2, 0) is 16.6 Å². The number of nitrogens with one attached hydrogen (secondary N) is 1. The molecule has 0 aromatic heterocycles. The molecule has 7 nitrogen and oxygen atoms in total. The Bertz CT molecular complexity index is 1110. The molecule has 1 N–H and O–H groups in total. The topological polar surface area (TPSA) is 73.0 Å². The van der Waals surface area contributed by atoms with Gasteiger partial charge in [-0.3, -0.25) is 9.69 Å². The Hall–Kier alpha value is -2.42. The first-order valence-corrected chi connectivity index (χ1v) is 13.6. The summed E-state index contributed by atoms with van der Waals surface area (Å²) in [4.78, 5) is 18.1. The van der Waals surface area contributed by atoms with Crippen molar-refractivity contribution in [1.82, 2.24) is 9.21 Å². The molecule has 8 heteroatoms. The summed E-state index contributed by atoms with van der Waals surface area (Å²) in [6.07, 6.45) is 4.68. The van der Waals surface area contributed by atoms with E-state index in [4.69, 9.17) is 0 Å². The molecule has 1 amide bonds. The maximum absolute atomic E-state index is 13.3.